The number of ether oxygens (including phenoxy) is 1. The third kappa shape index (κ3) is 5.90. The van der Waals surface area contributed by atoms with Crippen molar-refractivity contribution < 1.29 is 14.5 Å². The topological polar surface area (TPSA) is 93.5 Å². The van der Waals surface area contributed by atoms with Crippen molar-refractivity contribution in [1.29, 1.82) is 0 Å². The number of rotatable bonds is 6. The van der Waals surface area contributed by atoms with Gasteiger partial charge in [-0.2, -0.15) is 0 Å². The van der Waals surface area contributed by atoms with Crippen molar-refractivity contribution in [1.82, 2.24) is 5.32 Å². The van der Waals surface area contributed by atoms with Crippen LogP contribution in [0.3, 0.4) is 0 Å². The summed E-state index contributed by atoms with van der Waals surface area (Å²) in [5.41, 5.74) is 0.621. The molecule has 0 aliphatic carbocycles. The first-order valence-corrected chi connectivity index (χ1v) is 8.91. The average molecular weight is 408 g/mol. The van der Waals surface area contributed by atoms with Crippen LogP contribution >= 0.6 is 23.8 Å². The number of nitro groups is 1. The largest absolute Gasteiger partial charge is 0.491 e. The van der Waals surface area contributed by atoms with Gasteiger partial charge in [0.2, 0.25) is 0 Å². The fourth-order valence-corrected chi connectivity index (χ4v) is 2.47. The molecule has 0 spiro atoms. The van der Waals surface area contributed by atoms with Gasteiger partial charge in [-0.25, -0.2) is 0 Å². The van der Waals surface area contributed by atoms with E-state index in [0.717, 1.165) is 6.42 Å². The van der Waals surface area contributed by atoms with E-state index in [-0.39, 0.29) is 21.9 Å². The van der Waals surface area contributed by atoms with Crippen LogP contribution in [0.1, 0.15) is 30.6 Å². The fraction of sp³-hybridized carbons (Fsp3) is 0.222. The zero-order chi connectivity index (χ0) is 20.0. The van der Waals surface area contributed by atoms with Gasteiger partial charge in [-0.3, -0.25) is 20.2 Å². The number of nitrogens with zero attached hydrogens (tertiary/aromatic N) is 1. The van der Waals surface area contributed by atoms with E-state index >= 15 is 0 Å². The van der Waals surface area contributed by atoms with Crippen LogP contribution in [0.15, 0.2) is 42.5 Å². The number of hydrogen-bond acceptors (Lipinski definition) is 5. The van der Waals surface area contributed by atoms with Gasteiger partial charge in [0.05, 0.1) is 21.7 Å². The van der Waals surface area contributed by atoms with E-state index in [1.807, 2.05) is 13.8 Å². The summed E-state index contributed by atoms with van der Waals surface area (Å²) in [5, 5.41) is 16.1. The molecule has 0 fully saturated rings. The highest BCUT2D eigenvalue weighted by Gasteiger charge is 2.12. The van der Waals surface area contributed by atoms with Gasteiger partial charge in [0.25, 0.3) is 11.6 Å². The van der Waals surface area contributed by atoms with E-state index in [1.165, 1.54) is 18.2 Å². The molecule has 1 unspecified atom stereocenters. The van der Waals surface area contributed by atoms with E-state index in [0.29, 0.717) is 17.0 Å². The van der Waals surface area contributed by atoms with E-state index in [4.69, 9.17) is 28.6 Å². The molecule has 7 nitrogen and oxygen atoms in total. The quantitative estimate of drug-likeness (QED) is 0.414. The van der Waals surface area contributed by atoms with E-state index in [1.54, 1.807) is 24.3 Å². The Kier molecular flexibility index (Phi) is 7.09. The van der Waals surface area contributed by atoms with Crippen molar-refractivity contribution in [2.75, 3.05) is 5.32 Å². The number of carbonyl (C=O) groups is 1. The maximum absolute atomic E-state index is 12.3. The summed E-state index contributed by atoms with van der Waals surface area (Å²) < 4.78 is 5.67. The van der Waals surface area contributed by atoms with Gasteiger partial charge >= 0.3 is 0 Å². The van der Waals surface area contributed by atoms with E-state index in [2.05, 4.69) is 10.6 Å². The molecule has 27 heavy (non-hydrogen) atoms. The van der Waals surface area contributed by atoms with E-state index < -0.39 is 10.8 Å². The molecule has 0 aromatic heterocycles. The molecule has 1 atom stereocenters. The summed E-state index contributed by atoms with van der Waals surface area (Å²) in [6, 6.07) is 10.6. The van der Waals surface area contributed by atoms with Crippen LogP contribution in [0.2, 0.25) is 5.02 Å². The number of halogens is 1. The molecule has 2 rings (SSSR count). The molecule has 0 aliphatic heterocycles. The number of anilines is 1. The number of nitrogens with one attached hydrogen (secondary N) is 2. The van der Waals surface area contributed by atoms with Gasteiger partial charge in [0.1, 0.15) is 5.75 Å². The highest BCUT2D eigenvalue weighted by molar-refractivity contribution is 7.80. The smallest absolute Gasteiger partial charge is 0.271 e. The molecule has 2 aromatic rings. The van der Waals surface area contributed by atoms with E-state index in [9.17, 15) is 14.9 Å². The van der Waals surface area contributed by atoms with Crippen LogP contribution < -0.4 is 15.4 Å². The lowest BCUT2D eigenvalue weighted by molar-refractivity contribution is -0.384. The summed E-state index contributed by atoms with van der Waals surface area (Å²) in [6.07, 6.45) is 0.973. The number of hydrogen-bond donors (Lipinski definition) is 2. The number of amides is 1. The second-order valence-electron chi connectivity index (χ2n) is 5.69. The Morgan fingerprint density at radius 3 is 2.52 bits per heavy atom. The highest BCUT2D eigenvalue weighted by Crippen LogP contribution is 2.26. The molecular formula is C18H18ClN3O4S. The molecule has 1 amide bonds. The van der Waals surface area contributed by atoms with Crippen molar-refractivity contribution in [3.05, 3.63) is 63.2 Å². The molecule has 0 aliphatic rings. The van der Waals surface area contributed by atoms with Crippen LogP contribution in [0.25, 0.3) is 0 Å². The van der Waals surface area contributed by atoms with Gasteiger partial charge in [0, 0.05) is 17.7 Å². The lowest BCUT2D eigenvalue weighted by Gasteiger charge is -2.13. The third-order valence-electron chi connectivity index (χ3n) is 3.67. The number of nitro benzene ring substituents is 1. The summed E-state index contributed by atoms with van der Waals surface area (Å²) in [4.78, 5) is 22.4. The molecule has 0 bridgehead atoms. The van der Waals surface area contributed by atoms with Gasteiger partial charge in [-0.1, -0.05) is 18.5 Å². The molecule has 0 saturated carbocycles. The maximum atomic E-state index is 12.3. The standard InChI is InChI=1S/C18H18ClN3O4S/c1-3-11(2)26-14-7-4-12(5-8-14)17(23)21-18(27)20-16-9-6-13(22(24)25)10-15(16)19/h4-11H,3H2,1-2H3,(H2,20,21,23,27). The Bertz CT molecular complexity index is 858. The first-order chi connectivity index (χ1) is 12.8. The van der Waals surface area contributed by atoms with Gasteiger partial charge in [-0.05, 0) is 55.9 Å². The number of benzene rings is 2. The highest BCUT2D eigenvalue weighted by atomic mass is 35.5. The summed E-state index contributed by atoms with van der Waals surface area (Å²) in [7, 11) is 0. The maximum Gasteiger partial charge on any atom is 0.271 e. The van der Waals surface area contributed by atoms with Gasteiger partial charge in [-0.15, -0.1) is 0 Å². The molecule has 2 N–H and O–H groups in total. The van der Waals surface area contributed by atoms with Crippen LogP contribution in [0.5, 0.6) is 5.75 Å². The Labute approximate surface area is 166 Å². The zero-order valence-corrected chi connectivity index (χ0v) is 16.3. The Hall–Kier alpha value is -2.71. The predicted octanol–water partition coefficient (Wildman–Crippen LogP) is 4.55. The number of carbonyl (C=O) groups excluding carboxylic acids is 1. The van der Waals surface area contributed by atoms with Crippen LogP contribution in [-0.2, 0) is 0 Å². The van der Waals surface area contributed by atoms with Gasteiger partial charge in [0.15, 0.2) is 5.11 Å². The zero-order valence-electron chi connectivity index (χ0n) is 14.7. The van der Waals surface area contributed by atoms with Crippen molar-refractivity contribution in [3.63, 3.8) is 0 Å². The molecule has 142 valence electrons. The van der Waals surface area contributed by atoms with Crippen LogP contribution in [0, 0.1) is 10.1 Å². The SMILES string of the molecule is CCC(C)Oc1ccc(C(=O)NC(=S)Nc2ccc([N+](=O)[O-])cc2Cl)cc1. The Balaban J connectivity index is 1.97. The minimum absolute atomic E-state index is 0.0238. The second-order valence-corrected chi connectivity index (χ2v) is 6.51. The normalized spacial score (nSPS) is 11.4. The lowest BCUT2D eigenvalue weighted by Crippen LogP contribution is -2.34. The first kappa shape index (κ1) is 20.6. The Morgan fingerprint density at radius 2 is 1.96 bits per heavy atom. The lowest BCUT2D eigenvalue weighted by atomic mass is 10.2. The minimum atomic E-state index is -0.551. The number of thiocarbonyl (C=S) groups is 1. The van der Waals surface area contributed by atoms with Crippen molar-refractivity contribution in [2.24, 2.45) is 0 Å². The predicted molar refractivity (Wildman–Crippen MR) is 109 cm³/mol. The third-order valence-corrected chi connectivity index (χ3v) is 4.18. The second kappa shape index (κ2) is 9.29. The molecule has 0 radical (unpaired) electrons. The van der Waals surface area contributed by atoms with Crippen molar-refractivity contribution in [2.45, 2.75) is 26.4 Å². The van der Waals surface area contributed by atoms with Crippen molar-refractivity contribution in [3.8, 4) is 5.75 Å². The first-order valence-electron chi connectivity index (χ1n) is 8.13. The monoisotopic (exact) mass is 407 g/mol. The summed E-state index contributed by atoms with van der Waals surface area (Å²) in [5.74, 6) is 0.278. The van der Waals surface area contributed by atoms with Crippen LogP contribution in [0.4, 0.5) is 11.4 Å². The minimum Gasteiger partial charge on any atom is -0.491 e. The molecule has 0 saturated heterocycles. The molecular weight excluding hydrogens is 390 g/mol. The molecule has 2 aromatic carbocycles. The molecule has 9 heteroatoms. The Morgan fingerprint density at radius 1 is 1.30 bits per heavy atom. The van der Waals surface area contributed by atoms with Gasteiger partial charge < -0.3 is 10.1 Å². The summed E-state index contributed by atoms with van der Waals surface area (Å²) >= 11 is 11.1. The number of non-ortho nitro benzene ring substituents is 1. The van der Waals surface area contributed by atoms with Crippen LogP contribution in [-0.4, -0.2) is 22.0 Å². The summed E-state index contributed by atoms with van der Waals surface area (Å²) in [6.45, 7) is 3.99. The average Bonchev–Trinajstić information content (AvgIpc) is 2.63. The fourth-order valence-electron chi connectivity index (χ4n) is 2.05. The van der Waals surface area contributed by atoms with Crippen molar-refractivity contribution >= 4 is 46.2 Å². The molecule has 0 heterocycles.